The molecule has 1 saturated carbocycles. The van der Waals surface area contributed by atoms with E-state index in [0.717, 1.165) is 62.5 Å². The van der Waals surface area contributed by atoms with E-state index in [1.54, 1.807) is 6.92 Å². The van der Waals surface area contributed by atoms with Crippen LogP contribution < -0.4 is 5.32 Å². The number of hydrogen-bond donors (Lipinski definition) is 1. The van der Waals surface area contributed by atoms with Crippen LogP contribution in [0.2, 0.25) is 0 Å². The van der Waals surface area contributed by atoms with Crippen LogP contribution in [0.1, 0.15) is 84.6 Å². The van der Waals surface area contributed by atoms with Crippen LogP contribution in [0.5, 0.6) is 0 Å². The van der Waals surface area contributed by atoms with Gasteiger partial charge in [-0.1, -0.05) is 48.0 Å². The number of hydrogen-bond acceptors (Lipinski definition) is 5. The molecule has 0 radical (unpaired) electrons. The predicted molar refractivity (Wildman–Crippen MR) is 121 cm³/mol. The van der Waals surface area contributed by atoms with E-state index in [-0.39, 0.29) is 17.7 Å². The van der Waals surface area contributed by atoms with Gasteiger partial charge in [-0.2, -0.15) is 4.98 Å². The molecule has 1 aromatic carbocycles. The van der Waals surface area contributed by atoms with E-state index in [2.05, 4.69) is 21.5 Å². The zero-order chi connectivity index (χ0) is 22.7. The van der Waals surface area contributed by atoms with E-state index < -0.39 is 5.54 Å². The second kappa shape index (κ2) is 9.43. The Morgan fingerprint density at radius 1 is 1.03 bits per heavy atom. The van der Waals surface area contributed by atoms with E-state index >= 15 is 0 Å². The number of carbonyl (C=O) groups excluding carboxylic acids is 2. The van der Waals surface area contributed by atoms with E-state index in [1.165, 1.54) is 0 Å². The van der Waals surface area contributed by atoms with Crippen molar-refractivity contribution in [2.75, 3.05) is 13.1 Å². The zero-order valence-electron chi connectivity index (χ0n) is 19.4. The molecule has 2 heterocycles. The second-order valence-corrected chi connectivity index (χ2v) is 9.59. The first-order valence-corrected chi connectivity index (χ1v) is 11.9. The molecule has 2 aliphatic rings. The van der Waals surface area contributed by atoms with E-state index in [0.29, 0.717) is 30.4 Å². The maximum Gasteiger partial charge on any atom is 0.253 e. The van der Waals surface area contributed by atoms with Crippen LogP contribution >= 0.6 is 0 Å². The van der Waals surface area contributed by atoms with E-state index in [9.17, 15) is 9.59 Å². The van der Waals surface area contributed by atoms with Crippen molar-refractivity contribution in [2.45, 2.75) is 77.7 Å². The van der Waals surface area contributed by atoms with Gasteiger partial charge >= 0.3 is 0 Å². The third-order valence-corrected chi connectivity index (χ3v) is 6.82. The van der Waals surface area contributed by atoms with Crippen molar-refractivity contribution >= 4 is 11.8 Å². The molecule has 0 bridgehead atoms. The van der Waals surface area contributed by atoms with Crippen LogP contribution in [-0.2, 0) is 10.3 Å². The van der Waals surface area contributed by atoms with Crippen LogP contribution in [0.4, 0.5) is 0 Å². The molecule has 1 N–H and O–H groups in total. The van der Waals surface area contributed by atoms with Gasteiger partial charge in [0.15, 0.2) is 5.82 Å². The van der Waals surface area contributed by atoms with Gasteiger partial charge in [0.05, 0.1) is 5.92 Å². The summed E-state index contributed by atoms with van der Waals surface area (Å²) in [6.45, 7) is 6.91. The molecular weight excluding hydrogens is 404 g/mol. The summed E-state index contributed by atoms with van der Waals surface area (Å²) in [7, 11) is 0. The number of nitrogens with zero attached hydrogens (tertiary/aromatic N) is 3. The highest BCUT2D eigenvalue weighted by atomic mass is 16.5. The summed E-state index contributed by atoms with van der Waals surface area (Å²) in [5.41, 5.74) is 2.27. The Morgan fingerprint density at radius 2 is 1.72 bits per heavy atom. The Morgan fingerprint density at radius 3 is 2.34 bits per heavy atom. The number of likely N-dealkylation sites (tertiary alicyclic amines) is 1. The van der Waals surface area contributed by atoms with Crippen LogP contribution in [0.3, 0.4) is 0 Å². The lowest BCUT2D eigenvalue weighted by Crippen LogP contribution is -2.52. The Balaban J connectivity index is 1.50. The lowest BCUT2D eigenvalue weighted by molar-refractivity contribution is -0.128. The third-order valence-electron chi connectivity index (χ3n) is 6.82. The highest BCUT2D eigenvalue weighted by Gasteiger charge is 2.41. The Kier molecular flexibility index (Phi) is 6.63. The number of amides is 2. The third kappa shape index (κ3) is 4.87. The highest BCUT2D eigenvalue weighted by Crippen LogP contribution is 2.35. The number of carbonyl (C=O) groups is 2. The Bertz CT molecular complexity index is 955. The minimum absolute atomic E-state index is 0.00673. The quantitative estimate of drug-likeness (QED) is 0.723. The molecule has 0 spiro atoms. The van der Waals surface area contributed by atoms with Crippen molar-refractivity contribution in [1.82, 2.24) is 20.4 Å². The first kappa shape index (κ1) is 22.5. The van der Waals surface area contributed by atoms with Gasteiger partial charge in [0.1, 0.15) is 5.54 Å². The molecule has 2 amide bonds. The number of nitrogens with one attached hydrogen (secondary N) is 1. The van der Waals surface area contributed by atoms with Gasteiger partial charge in [0.2, 0.25) is 11.8 Å². The van der Waals surface area contributed by atoms with Gasteiger partial charge in [-0.3, -0.25) is 9.59 Å². The smallest absolute Gasteiger partial charge is 0.253 e. The maximum absolute atomic E-state index is 13.4. The minimum atomic E-state index is -0.578. The summed E-state index contributed by atoms with van der Waals surface area (Å²) in [6.07, 6.45) is 7.58. The van der Waals surface area contributed by atoms with Gasteiger partial charge < -0.3 is 14.7 Å². The standard InChI is InChI=1S/C25H34N4O3/c1-17-13-18(2)15-21(14-17)23(31)29-12-8-9-20(16-29)22(30)27-25(10-6-4-5-7-11-25)24-26-19(3)32-28-24/h13-15,20H,4-12,16H2,1-3H3,(H,27,30). The number of aryl methyl sites for hydroxylation is 3. The van der Waals surface area contributed by atoms with Crippen molar-refractivity contribution in [2.24, 2.45) is 5.92 Å². The van der Waals surface area contributed by atoms with Gasteiger partial charge in [-0.05, 0) is 51.7 Å². The Labute approximate surface area is 189 Å². The molecule has 1 saturated heterocycles. The summed E-state index contributed by atoms with van der Waals surface area (Å²) >= 11 is 0. The van der Waals surface area contributed by atoms with Crippen molar-refractivity contribution in [3.8, 4) is 0 Å². The van der Waals surface area contributed by atoms with E-state index in [4.69, 9.17) is 4.52 Å². The molecule has 1 aromatic heterocycles. The van der Waals surface area contributed by atoms with Crippen LogP contribution in [0, 0.1) is 26.7 Å². The van der Waals surface area contributed by atoms with Crippen LogP contribution in [-0.4, -0.2) is 39.9 Å². The Hall–Kier alpha value is -2.70. The molecule has 1 aliphatic carbocycles. The minimum Gasteiger partial charge on any atom is -0.343 e. The van der Waals surface area contributed by atoms with Gasteiger partial charge in [0.25, 0.3) is 5.91 Å². The SMILES string of the molecule is Cc1cc(C)cc(C(=O)N2CCCC(C(=O)NC3(c4noc(C)n4)CCCCCC3)C2)c1. The summed E-state index contributed by atoms with van der Waals surface area (Å²) in [5.74, 6) is 0.872. The first-order chi connectivity index (χ1) is 15.4. The number of rotatable bonds is 4. The van der Waals surface area contributed by atoms with Gasteiger partial charge in [-0.15, -0.1) is 0 Å². The van der Waals surface area contributed by atoms with Crippen LogP contribution in [0.25, 0.3) is 0 Å². The molecule has 4 rings (SSSR count). The summed E-state index contributed by atoms with van der Waals surface area (Å²) in [6, 6.07) is 5.92. The molecule has 7 nitrogen and oxygen atoms in total. The van der Waals surface area contributed by atoms with Crippen LogP contribution in [0.15, 0.2) is 22.7 Å². The fourth-order valence-electron chi connectivity index (χ4n) is 5.22. The molecule has 172 valence electrons. The normalized spacial score (nSPS) is 21.1. The number of benzene rings is 1. The average molecular weight is 439 g/mol. The van der Waals surface area contributed by atoms with Crippen molar-refractivity contribution < 1.29 is 14.1 Å². The predicted octanol–water partition coefficient (Wildman–Crippen LogP) is 4.21. The van der Waals surface area contributed by atoms with Crippen molar-refractivity contribution in [1.29, 1.82) is 0 Å². The topological polar surface area (TPSA) is 88.3 Å². The molecule has 1 unspecified atom stereocenters. The lowest BCUT2D eigenvalue weighted by atomic mass is 9.87. The molecule has 32 heavy (non-hydrogen) atoms. The molecule has 2 fully saturated rings. The van der Waals surface area contributed by atoms with Gasteiger partial charge in [0, 0.05) is 25.6 Å². The zero-order valence-corrected chi connectivity index (χ0v) is 19.4. The molecule has 2 aromatic rings. The molecule has 1 aliphatic heterocycles. The summed E-state index contributed by atoms with van der Waals surface area (Å²) in [4.78, 5) is 32.9. The fourth-order valence-corrected chi connectivity index (χ4v) is 5.22. The largest absolute Gasteiger partial charge is 0.343 e. The number of aromatic nitrogens is 2. The maximum atomic E-state index is 13.4. The van der Waals surface area contributed by atoms with E-state index in [1.807, 2.05) is 30.9 Å². The average Bonchev–Trinajstić information content (AvgIpc) is 3.07. The number of piperidine rings is 1. The second-order valence-electron chi connectivity index (χ2n) is 9.59. The molecular formula is C25H34N4O3. The van der Waals surface area contributed by atoms with Crippen molar-refractivity contribution in [3.05, 3.63) is 46.6 Å². The van der Waals surface area contributed by atoms with Gasteiger partial charge in [-0.25, -0.2) is 0 Å². The van der Waals surface area contributed by atoms with Crippen molar-refractivity contribution in [3.63, 3.8) is 0 Å². The lowest BCUT2D eigenvalue weighted by Gasteiger charge is -2.36. The molecule has 7 heteroatoms. The summed E-state index contributed by atoms with van der Waals surface area (Å²) < 4.78 is 5.26. The fraction of sp³-hybridized carbons (Fsp3) is 0.600. The highest BCUT2D eigenvalue weighted by molar-refractivity contribution is 5.95. The molecule has 1 atom stereocenters. The monoisotopic (exact) mass is 438 g/mol. The summed E-state index contributed by atoms with van der Waals surface area (Å²) in [5, 5.41) is 7.51. The first-order valence-electron chi connectivity index (χ1n) is 11.9.